The van der Waals surface area contributed by atoms with Crippen LogP contribution < -0.4 is 20.3 Å². The van der Waals surface area contributed by atoms with Crippen molar-refractivity contribution in [1.29, 1.82) is 0 Å². The van der Waals surface area contributed by atoms with Gasteiger partial charge in [0, 0.05) is 31.0 Å². The Kier molecular flexibility index (Phi) is 7.02. The van der Waals surface area contributed by atoms with Gasteiger partial charge in [-0.1, -0.05) is 42.5 Å². The molecule has 6 heteroatoms. The highest BCUT2D eigenvalue weighted by Crippen LogP contribution is 2.22. The fourth-order valence-corrected chi connectivity index (χ4v) is 3.72. The average Bonchev–Trinajstić information content (AvgIpc) is 3.38. The Balaban J connectivity index is 1.30. The van der Waals surface area contributed by atoms with Crippen LogP contribution in [0.3, 0.4) is 0 Å². The smallest absolute Gasteiger partial charge is 0.262 e. The Morgan fingerprint density at radius 2 is 1.53 bits per heavy atom. The maximum absolute atomic E-state index is 12.6. The predicted octanol–water partition coefficient (Wildman–Crippen LogP) is 4.23. The number of benzene rings is 3. The number of amides is 2. The van der Waals surface area contributed by atoms with E-state index < -0.39 is 0 Å². The van der Waals surface area contributed by atoms with Crippen molar-refractivity contribution in [2.45, 2.75) is 19.4 Å². The first kappa shape index (κ1) is 21.4. The number of anilines is 2. The molecule has 0 aliphatic carbocycles. The third kappa shape index (κ3) is 5.66. The maximum Gasteiger partial charge on any atom is 0.262 e. The lowest BCUT2D eigenvalue weighted by Gasteiger charge is -2.17. The van der Waals surface area contributed by atoms with Gasteiger partial charge >= 0.3 is 0 Å². The Bertz CT molecular complexity index is 1050. The highest BCUT2D eigenvalue weighted by atomic mass is 16.5. The molecule has 1 fully saturated rings. The number of carbonyl (C=O) groups excluding carboxylic acids is 2. The van der Waals surface area contributed by atoms with Crippen molar-refractivity contribution in [3.63, 3.8) is 0 Å². The summed E-state index contributed by atoms with van der Waals surface area (Å²) in [5.74, 6) is -0.154. The zero-order chi connectivity index (χ0) is 22.2. The van der Waals surface area contributed by atoms with E-state index in [1.165, 1.54) is 18.5 Å². The van der Waals surface area contributed by atoms with Crippen LogP contribution in [-0.4, -0.2) is 31.5 Å². The fraction of sp³-hybridized carbons (Fsp3) is 0.231. The van der Waals surface area contributed by atoms with Gasteiger partial charge in [-0.05, 0) is 54.8 Å². The molecule has 1 aliphatic rings. The van der Waals surface area contributed by atoms with Gasteiger partial charge in [-0.25, -0.2) is 0 Å². The van der Waals surface area contributed by atoms with Gasteiger partial charge in [0.15, 0.2) is 6.61 Å². The minimum Gasteiger partial charge on any atom is -0.483 e. The van der Waals surface area contributed by atoms with E-state index in [0.717, 1.165) is 24.3 Å². The van der Waals surface area contributed by atoms with Crippen LogP contribution in [0.1, 0.15) is 28.8 Å². The van der Waals surface area contributed by atoms with Crippen LogP contribution in [-0.2, 0) is 11.3 Å². The monoisotopic (exact) mass is 429 g/mol. The number of ether oxygens (including phenoxy) is 1. The van der Waals surface area contributed by atoms with Crippen molar-refractivity contribution in [2.24, 2.45) is 0 Å². The van der Waals surface area contributed by atoms with Crippen LogP contribution in [0.2, 0.25) is 0 Å². The van der Waals surface area contributed by atoms with Crippen molar-refractivity contribution in [1.82, 2.24) is 5.32 Å². The lowest BCUT2D eigenvalue weighted by molar-refractivity contribution is -0.118. The molecule has 1 aliphatic heterocycles. The molecule has 2 N–H and O–H groups in total. The Morgan fingerprint density at radius 1 is 0.844 bits per heavy atom. The topological polar surface area (TPSA) is 70.7 Å². The van der Waals surface area contributed by atoms with Crippen LogP contribution in [0.25, 0.3) is 0 Å². The summed E-state index contributed by atoms with van der Waals surface area (Å²) < 4.78 is 5.67. The average molecular weight is 430 g/mol. The second kappa shape index (κ2) is 10.5. The molecule has 164 valence electrons. The number of hydrogen-bond donors (Lipinski definition) is 2. The van der Waals surface area contributed by atoms with Crippen molar-refractivity contribution in [3.8, 4) is 5.75 Å². The van der Waals surface area contributed by atoms with Crippen LogP contribution in [0.4, 0.5) is 11.4 Å². The predicted molar refractivity (Wildman–Crippen MR) is 126 cm³/mol. The molecule has 0 spiro atoms. The van der Waals surface area contributed by atoms with Gasteiger partial charge in [0.25, 0.3) is 11.8 Å². The zero-order valence-electron chi connectivity index (χ0n) is 17.9. The zero-order valence-corrected chi connectivity index (χ0v) is 17.9. The minimum atomic E-state index is -0.279. The van der Waals surface area contributed by atoms with Crippen molar-refractivity contribution in [3.05, 3.63) is 90.0 Å². The molecule has 1 heterocycles. The highest BCUT2D eigenvalue weighted by molar-refractivity contribution is 5.97. The summed E-state index contributed by atoms with van der Waals surface area (Å²) in [5.41, 5.74) is 3.29. The number of nitrogens with zero attached hydrogens (tertiary/aromatic N) is 1. The SMILES string of the molecule is O=C(COc1ccccc1C(=O)NCc1ccccc1)Nc1ccc(N2CCCC2)cc1. The minimum absolute atomic E-state index is 0.184. The van der Waals surface area contributed by atoms with Crippen LogP contribution in [0, 0.1) is 0 Å². The molecule has 32 heavy (non-hydrogen) atoms. The summed E-state index contributed by atoms with van der Waals surface area (Å²) in [5, 5.41) is 5.73. The molecule has 0 aromatic heterocycles. The van der Waals surface area contributed by atoms with E-state index >= 15 is 0 Å². The summed E-state index contributed by atoms with van der Waals surface area (Å²) >= 11 is 0. The number of carbonyl (C=O) groups is 2. The quantitative estimate of drug-likeness (QED) is 0.562. The normalized spacial score (nSPS) is 12.9. The molecule has 0 bridgehead atoms. The first-order valence-electron chi connectivity index (χ1n) is 10.9. The summed E-state index contributed by atoms with van der Waals surface area (Å²) in [6.45, 7) is 2.40. The van der Waals surface area contributed by atoms with Gasteiger partial charge in [0.1, 0.15) is 5.75 Å². The van der Waals surface area contributed by atoms with Crippen LogP contribution >= 0.6 is 0 Å². The summed E-state index contributed by atoms with van der Waals surface area (Å²) in [6, 6.07) is 24.4. The maximum atomic E-state index is 12.6. The second-order valence-electron chi connectivity index (χ2n) is 7.74. The van der Waals surface area contributed by atoms with E-state index in [-0.39, 0.29) is 18.4 Å². The highest BCUT2D eigenvalue weighted by Gasteiger charge is 2.14. The standard InChI is InChI=1S/C26H27N3O3/c30-25(28-21-12-14-22(15-13-21)29-16-6-7-17-29)19-32-24-11-5-4-10-23(24)26(31)27-18-20-8-2-1-3-9-20/h1-5,8-15H,6-7,16-19H2,(H,27,31)(H,28,30). The summed E-state index contributed by atoms with van der Waals surface area (Å²) in [4.78, 5) is 27.3. The number of rotatable bonds is 8. The molecule has 2 amide bonds. The van der Waals surface area contributed by atoms with E-state index in [2.05, 4.69) is 15.5 Å². The van der Waals surface area contributed by atoms with Crippen LogP contribution in [0.15, 0.2) is 78.9 Å². The second-order valence-corrected chi connectivity index (χ2v) is 7.74. The first-order valence-corrected chi connectivity index (χ1v) is 10.9. The molecule has 4 rings (SSSR count). The largest absolute Gasteiger partial charge is 0.483 e. The third-order valence-electron chi connectivity index (χ3n) is 5.41. The molecular weight excluding hydrogens is 402 g/mol. The van der Waals surface area contributed by atoms with E-state index in [1.54, 1.807) is 24.3 Å². The lowest BCUT2D eigenvalue weighted by atomic mass is 10.1. The van der Waals surface area contributed by atoms with E-state index in [1.807, 2.05) is 54.6 Å². The number of nitrogens with one attached hydrogen (secondary N) is 2. The molecule has 0 saturated carbocycles. The lowest BCUT2D eigenvalue weighted by Crippen LogP contribution is -2.25. The third-order valence-corrected chi connectivity index (χ3v) is 5.41. The first-order chi connectivity index (χ1) is 15.7. The molecule has 3 aromatic rings. The Hall–Kier alpha value is -3.80. The molecule has 1 saturated heterocycles. The van der Waals surface area contributed by atoms with E-state index in [0.29, 0.717) is 17.9 Å². The van der Waals surface area contributed by atoms with Gasteiger partial charge in [0.2, 0.25) is 0 Å². The van der Waals surface area contributed by atoms with Crippen molar-refractivity contribution in [2.75, 3.05) is 29.9 Å². The summed E-state index contributed by atoms with van der Waals surface area (Å²) in [6.07, 6.45) is 2.45. The van der Waals surface area contributed by atoms with Gasteiger partial charge in [0.05, 0.1) is 5.56 Å². The van der Waals surface area contributed by atoms with E-state index in [4.69, 9.17) is 4.74 Å². The van der Waals surface area contributed by atoms with Gasteiger partial charge < -0.3 is 20.3 Å². The fourth-order valence-electron chi connectivity index (χ4n) is 3.72. The molecule has 0 radical (unpaired) electrons. The summed E-state index contributed by atoms with van der Waals surface area (Å²) in [7, 11) is 0. The molecular formula is C26H27N3O3. The Labute approximate surface area is 188 Å². The van der Waals surface area contributed by atoms with Crippen LogP contribution in [0.5, 0.6) is 5.75 Å². The van der Waals surface area contributed by atoms with Gasteiger partial charge in [-0.2, -0.15) is 0 Å². The molecule has 3 aromatic carbocycles. The number of para-hydroxylation sites is 1. The molecule has 0 atom stereocenters. The van der Waals surface area contributed by atoms with Gasteiger partial charge in [-0.3, -0.25) is 9.59 Å². The van der Waals surface area contributed by atoms with E-state index in [9.17, 15) is 9.59 Å². The van der Waals surface area contributed by atoms with Crippen molar-refractivity contribution < 1.29 is 14.3 Å². The molecule has 0 unspecified atom stereocenters. The van der Waals surface area contributed by atoms with Gasteiger partial charge in [-0.15, -0.1) is 0 Å². The molecule has 6 nitrogen and oxygen atoms in total. The van der Waals surface area contributed by atoms with Crippen molar-refractivity contribution >= 4 is 23.2 Å². The number of hydrogen-bond acceptors (Lipinski definition) is 4. The Morgan fingerprint density at radius 3 is 2.28 bits per heavy atom.